The van der Waals surface area contributed by atoms with Crippen LogP contribution in [0.4, 0.5) is 18.9 Å². The van der Waals surface area contributed by atoms with Gasteiger partial charge >= 0.3 is 0 Å². The van der Waals surface area contributed by atoms with Gasteiger partial charge in [0.05, 0.1) is 5.69 Å². The smallest absolute Gasteiger partial charge is 0.252 e. The summed E-state index contributed by atoms with van der Waals surface area (Å²) in [4.78, 5) is 24.9. The van der Waals surface area contributed by atoms with Crippen molar-refractivity contribution in [3.05, 3.63) is 29.6 Å². The maximum atomic E-state index is 13.8. The van der Waals surface area contributed by atoms with Gasteiger partial charge in [0, 0.05) is 12.1 Å². The normalized spacial score (nSPS) is 21.9. The van der Waals surface area contributed by atoms with E-state index in [4.69, 9.17) is 0 Å². The molecule has 1 heterocycles. The number of carbonyl (C=O) groups is 2. The summed E-state index contributed by atoms with van der Waals surface area (Å²) >= 11 is 0. The van der Waals surface area contributed by atoms with Crippen LogP contribution in [-0.4, -0.2) is 23.4 Å². The monoisotopic (exact) mass is 286 g/mol. The van der Waals surface area contributed by atoms with E-state index in [9.17, 15) is 22.8 Å². The first kappa shape index (κ1) is 14.4. The molecule has 0 saturated carbocycles. The Morgan fingerprint density at radius 3 is 2.25 bits per heavy atom. The zero-order chi connectivity index (χ0) is 15.2. The van der Waals surface area contributed by atoms with E-state index in [1.165, 1.54) is 20.8 Å². The van der Waals surface area contributed by atoms with Crippen LogP contribution in [0.1, 0.15) is 20.8 Å². The molecule has 1 atom stereocenters. The molecule has 1 unspecified atom stereocenters. The van der Waals surface area contributed by atoms with E-state index in [1.54, 1.807) is 0 Å². The van der Waals surface area contributed by atoms with Gasteiger partial charge in [0.2, 0.25) is 5.91 Å². The predicted molar refractivity (Wildman–Crippen MR) is 65.5 cm³/mol. The second-order valence-electron chi connectivity index (χ2n) is 5.18. The highest BCUT2D eigenvalue weighted by molar-refractivity contribution is 6.10. The number of anilines is 1. The number of nitrogens with one attached hydrogen (secondary N) is 1. The molecule has 20 heavy (non-hydrogen) atoms. The average molecular weight is 286 g/mol. The number of hydrogen-bond donors (Lipinski definition) is 1. The summed E-state index contributed by atoms with van der Waals surface area (Å²) in [6.07, 6.45) is 0. The van der Waals surface area contributed by atoms with Gasteiger partial charge in [-0.25, -0.2) is 13.2 Å². The fourth-order valence-corrected chi connectivity index (χ4v) is 2.07. The fourth-order valence-electron chi connectivity index (χ4n) is 2.07. The van der Waals surface area contributed by atoms with Crippen LogP contribution in [-0.2, 0) is 9.59 Å². The number of benzene rings is 1. The lowest BCUT2D eigenvalue weighted by Crippen LogP contribution is -2.67. The molecule has 7 heteroatoms. The number of piperazine rings is 1. The lowest BCUT2D eigenvalue weighted by atomic mass is 9.96. The molecule has 0 spiro atoms. The number of carbonyl (C=O) groups excluding carboxylic acids is 2. The van der Waals surface area contributed by atoms with Crippen LogP contribution in [0, 0.1) is 17.5 Å². The van der Waals surface area contributed by atoms with Gasteiger partial charge < -0.3 is 5.32 Å². The maximum absolute atomic E-state index is 13.8. The van der Waals surface area contributed by atoms with Crippen molar-refractivity contribution in [2.75, 3.05) is 4.90 Å². The molecule has 1 aromatic rings. The molecule has 0 aliphatic carbocycles. The van der Waals surface area contributed by atoms with E-state index in [0.717, 1.165) is 4.90 Å². The van der Waals surface area contributed by atoms with Crippen LogP contribution in [0.3, 0.4) is 0 Å². The lowest BCUT2D eigenvalue weighted by molar-refractivity contribution is -0.136. The molecule has 0 bridgehead atoms. The van der Waals surface area contributed by atoms with E-state index >= 15 is 0 Å². The van der Waals surface area contributed by atoms with Crippen molar-refractivity contribution in [3.8, 4) is 0 Å². The molecule has 1 N–H and O–H groups in total. The Kier molecular flexibility index (Phi) is 3.23. The molecule has 2 amide bonds. The first-order valence-corrected chi connectivity index (χ1v) is 5.95. The summed E-state index contributed by atoms with van der Waals surface area (Å²) in [5.41, 5.74) is -1.70. The van der Waals surface area contributed by atoms with Gasteiger partial charge in [-0.1, -0.05) is 0 Å². The third-order valence-electron chi connectivity index (χ3n) is 3.21. The summed E-state index contributed by atoms with van der Waals surface area (Å²) < 4.78 is 40.0. The van der Waals surface area contributed by atoms with Crippen molar-refractivity contribution < 1.29 is 22.8 Å². The van der Waals surface area contributed by atoms with E-state index in [2.05, 4.69) is 5.32 Å². The van der Waals surface area contributed by atoms with E-state index in [1.807, 2.05) is 0 Å². The number of hydrogen-bond acceptors (Lipinski definition) is 2. The summed E-state index contributed by atoms with van der Waals surface area (Å²) in [7, 11) is 0. The van der Waals surface area contributed by atoms with Gasteiger partial charge in [-0.15, -0.1) is 0 Å². The quantitative estimate of drug-likeness (QED) is 0.799. The minimum Gasteiger partial charge on any atom is -0.340 e. The van der Waals surface area contributed by atoms with Crippen LogP contribution in [0.5, 0.6) is 0 Å². The van der Waals surface area contributed by atoms with E-state index in [-0.39, 0.29) is 0 Å². The Morgan fingerprint density at radius 1 is 1.10 bits per heavy atom. The molecule has 1 fully saturated rings. The van der Waals surface area contributed by atoms with Crippen molar-refractivity contribution in [1.29, 1.82) is 0 Å². The van der Waals surface area contributed by atoms with Crippen LogP contribution in [0.15, 0.2) is 12.1 Å². The minimum atomic E-state index is -1.35. The Hall–Kier alpha value is -2.05. The average Bonchev–Trinajstić information content (AvgIpc) is 2.33. The van der Waals surface area contributed by atoms with Crippen molar-refractivity contribution in [2.45, 2.75) is 32.4 Å². The molecule has 108 valence electrons. The number of rotatable bonds is 1. The highest BCUT2D eigenvalue weighted by Gasteiger charge is 2.45. The first-order valence-electron chi connectivity index (χ1n) is 5.95. The fraction of sp³-hybridized carbons (Fsp3) is 0.385. The Morgan fingerprint density at radius 2 is 1.65 bits per heavy atom. The minimum absolute atomic E-state index is 0.351. The number of halogens is 3. The van der Waals surface area contributed by atoms with E-state index in [0.29, 0.717) is 12.1 Å². The summed E-state index contributed by atoms with van der Waals surface area (Å²) in [5.74, 6) is -4.85. The highest BCUT2D eigenvalue weighted by atomic mass is 19.2. The van der Waals surface area contributed by atoms with Gasteiger partial charge in [-0.3, -0.25) is 14.5 Å². The molecule has 4 nitrogen and oxygen atoms in total. The largest absolute Gasteiger partial charge is 0.340 e. The molecule has 0 radical (unpaired) electrons. The zero-order valence-corrected chi connectivity index (χ0v) is 11.1. The Bertz CT molecular complexity index is 602. The van der Waals surface area contributed by atoms with Crippen LogP contribution < -0.4 is 10.2 Å². The molecule has 1 aromatic carbocycles. The molecule has 2 rings (SSSR count). The van der Waals surface area contributed by atoms with Crippen LogP contribution in [0.25, 0.3) is 0 Å². The molecule has 1 aliphatic heterocycles. The van der Waals surface area contributed by atoms with Gasteiger partial charge in [0.25, 0.3) is 5.91 Å². The van der Waals surface area contributed by atoms with Gasteiger partial charge in [0.15, 0.2) is 11.6 Å². The molecule has 0 aromatic heterocycles. The molecular weight excluding hydrogens is 273 g/mol. The van der Waals surface area contributed by atoms with Gasteiger partial charge in [-0.05, 0) is 20.8 Å². The zero-order valence-electron chi connectivity index (χ0n) is 11.1. The summed E-state index contributed by atoms with van der Waals surface area (Å²) in [5, 5.41) is 2.48. The summed E-state index contributed by atoms with van der Waals surface area (Å²) in [6.45, 7) is 4.27. The Balaban J connectivity index is 2.57. The molecular formula is C13H13F3N2O2. The summed E-state index contributed by atoms with van der Waals surface area (Å²) in [6, 6.07) is -0.0901. The van der Waals surface area contributed by atoms with Gasteiger partial charge in [0.1, 0.15) is 17.4 Å². The van der Waals surface area contributed by atoms with Gasteiger partial charge in [-0.2, -0.15) is 0 Å². The van der Waals surface area contributed by atoms with Crippen molar-refractivity contribution in [1.82, 2.24) is 5.32 Å². The number of nitrogens with zero attached hydrogens (tertiary/aromatic N) is 1. The number of amides is 2. The topological polar surface area (TPSA) is 49.4 Å². The Labute approximate surface area is 113 Å². The van der Waals surface area contributed by atoms with Crippen molar-refractivity contribution in [2.24, 2.45) is 0 Å². The third kappa shape index (κ3) is 2.13. The SMILES string of the molecule is CC1C(=O)NC(C)(C)C(=O)N1c1cc(F)c(F)cc1F. The molecule has 1 aliphatic rings. The predicted octanol–water partition coefficient (Wildman–Crippen LogP) is 1.73. The maximum Gasteiger partial charge on any atom is 0.252 e. The van der Waals surface area contributed by atoms with Crippen LogP contribution in [0.2, 0.25) is 0 Å². The van der Waals surface area contributed by atoms with Crippen molar-refractivity contribution >= 4 is 17.5 Å². The third-order valence-corrected chi connectivity index (χ3v) is 3.21. The van der Waals surface area contributed by atoms with Crippen LogP contribution >= 0.6 is 0 Å². The highest BCUT2D eigenvalue weighted by Crippen LogP contribution is 2.29. The molecule has 1 saturated heterocycles. The second-order valence-corrected chi connectivity index (χ2v) is 5.18. The van der Waals surface area contributed by atoms with Crippen molar-refractivity contribution in [3.63, 3.8) is 0 Å². The standard InChI is InChI=1S/C13H13F3N2O2/c1-6-11(19)17-13(2,3)12(20)18(6)10-5-8(15)7(14)4-9(10)16/h4-6H,1-3H3,(H,17,19). The van der Waals surface area contributed by atoms with E-state index < -0.39 is 46.5 Å². The first-order chi connectivity index (χ1) is 9.15. The second kappa shape index (κ2) is 4.50. The lowest BCUT2D eigenvalue weighted by Gasteiger charge is -2.41.